The number of aromatic nitrogens is 4. The van der Waals surface area contributed by atoms with E-state index in [-0.39, 0.29) is 42.4 Å². The number of aromatic amines is 1. The molecule has 142 valence electrons. The molecule has 0 saturated carbocycles. The number of aryl methyl sites for hydroxylation is 2. The van der Waals surface area contributed by atoms with E-state index in [0.29, 0.717) is 25.0 Å². The molecule has 0 amide bonds. The Morgan fingerprint density at radius 3 is 2.38 bits per heavy atom. The first kappa shape index (κ1) is 22.0. The number of fused-ring (bicyclic) bond motifs is 2. The van der Waals surface area contributed by atoms with E-state index in [9.17, 15) is 9.59 Å². The van der Waals surface area contributed by atoms with Gasteiger partial charge in [0.25, 0.3) is 5.56 Å². The number of nitrogens with two attached hydrogens (primary N) is 2. The van der Waals surface area contributed by atoms with Gasteiger partial charge in [-0.15, -0.1) is 24.8 Å². The Kier molecular flexibility index (Phi) is 7.28. The van der Waals surface area contributed by atoms with Crippen LogP contribution in [0.1, 0.15) is 23.6 Å². The molecule has 0 bridgehead atoms. The first-order valence-electron chi connectivity index (χ1n) is 7.80. The number of H-pyrrole nitrogens is 1. The van der Waals surface area contributed by atoms with Gasteiger partial charge in [-0.25, -0.2) is 9.78 Å². The summed E-state index contributed by atoms with van der Waals surface area (Å²) < 4.78 is 1.83. The van der Waals surface area contributed by atoms with E-state index in [1.165, 1.54) is 0 Å². The number of hydrogen-bond acceptors (Lipinski definition) is 6. The summed E-state index contributed by atoms with van der Waals surface area (Å²) in [6.45, 7) is 4.71. The Labute approximate surface area is 162 Å². The summed E-state index contributed by atoms with van der Waals surface area (Å²) >= 11 is 0. The van der Waals surface area contributed by atoms with Crippen molar-refractivity contribution >= 4 is 35.8 Å². The summed E-state index contributed by atoms with van der Waals surface area (Å²) in [4.78, 5) is 34.5. The topological polar surface area (TPSA) is 133 Å². The van der Waals surface area contributed by atoms with Crippen molar-refractivity contribution in [1.29, 1.82) is 0 Å². The van der Waals surface area contributed by atoms with Crippen molar-refractivity contribution in [2.75, 3.05) is 13.1 Å². The molecule has 2 aliphatic rings. The molecule has 0 spiro atoms. The minimum Gasteiger partial charge on any atom is -0.330 e. The molecular weight excluding hydrogens is 379 g/mol. The van der Waals surface area contributed by atoms with Gasteiger partial charge in [-0.1, -0.05) is 0 Å². The summed E-state index contributed by atoms with van der Waals surface area (Å²) in [7, 11) is 0. The molecule has 2 heterocycles. The van der Waals surface area contributed by atoms with Crippen LogP contribution < -0.4 is 22.7 Å². The van der Waals surface area contributed by atoms with E-state index in [1.807, 2.05) is 30.5 Å². The molecule has 5 N–H and O–H groups in total. The number of halogens is 2. The van der Waals surface area contributed by atoms with Crippen LogP contribution in [0.25, 0.3) is 22.6 Å². The second kappa shape index (κ2) is 8.59. The fourth-order valence-corrected chi connectivity index (χ4v) is 2.92. The van der Waals surface area contributed by atoms with Crippen LogP contribution in [0.15, 0.2) is 21.7 Å². The van der Waals surface area contributed by atoms with Gasteiger partial charge >= 0.3 is 5.69 Å². The van der Waals surface area contributed by atoms with E-state index < -0.39 is 11.2 Å². The highest BCUT2D eigenvalue weighted by Gasteiger charge is 2.23. The third-order valence-electron chi connectivity index (χ3n) is 4.30. The third-order valence-corrected chi connectivity index (χ3v) is 4.30. The maximum atomic E-state index is 12.2. The molecule has 0 aromatic heterocycles. The van der Waals surface area contributed by atoms with Crippen molar-refractivity contribution in [3.63, 3.8) is 0 Å². The van der Waals surface area contributed by atoms with Crippen LogP contribution in [0.3, 0.4) is 0 Å². The largest absolute Gasteiger partial charge is 0.349 e. The van der Waals surface area contributed by atoms with Crippen molar-refractivity contribution in [2.24, 2.45) is 11.5 Å². The molecular formula is C16H22Cl2N6O2. The molecule has 8 nitrogen and oxygen atoms in total. The average Bonchev–Trinajstić information content (AvgIpc) is 2.53. The van der Waals surface area contributed by atoms with Crippen LogP contribution in [0, 0.1) is 13.8 Å². The zero-order chi connectivity index (χ0) is 17.4. The quantitative estimate of drug-likeness (QED) is 0.557. The van der Waals surface area contributed by atoms with Crippen molar-refractivity contribution in [2.45, 2.75) is 26.3 Å². The molecule has 0 aliphatic carbocycles. The fourth-order valence-electron chi connectivity index (χ4n) is 2.92. The number of nitrogens with one attached hydrogen (secondary N) is 1. The summed E-state index contributed by atoms with van der Waals surface area (Å²) in [6, 6.07) is 3.71. The Morgan fingerprint density at radius 1 is 1.12 bits per heavy atom. The number of benzene rings is 1. The Bertz CT molecular complexity index is 1000. The molecule has 1 aromatic carbocycles. The maximum absolute atomic E-state index is 12.2. The highest BCUT2D eigenvalue weighted by Crippen LogP contribution is 2.27. The Balaban J connectivity index is 0.00000169. The fraction of sp³-hybridized carbons (Fsp3) is 0.375. The second-order valence-corrected chi connectivity index (χ2v) is 5.92. The predicted octanol–water partition coefficient (Wildman–Crippen LogP) is 0.894. The summed E-state index contributed by atoms with van der Waals surface area (Å²) in [5.41, 5.74) is 14.1. The van der Waals surface area contributed by atoms with Crippen LogP contribution in [0.2, 0.25) is 0 Å². The Hall–Kier alpha value is -2.00. The summed E-state index contributed by atoms with van der Waals surface area (Å²) in [5.74, 6) is 0.239. The number of nitrogens with zero attached hydrogens (tertiary/aromatic N) is 3. The van der Waals surface area contributed by atoms with E-state index in [2.05, 4.69) is 15.0 Å². The van der Waals surface area contributed by atoms with E-state index >= 15 is 0 Å². The molecule has 1 unspecified atom stereocenters. The molecule has 26 heavy (non-hydrogen) atoms. The van der Waals surface area contributed by atoms with Gasteiger partial charge in [0, 0.05) is 12.6 Å². The lowest BCUT2D eigenvalue weighted by Crippen LogP contribution is -2.32. The van der Waals surface area contributed by atoms with Crippen molar-refractivity contribution in [1.82, 2.24) is 19.5 Å². The van der Waals surface area contributed by atoms with Crippen LogP contribution in [0.5, 0.6) is 0 Å². The maximum Gasteiger partial charge on any atom is 0.349 e. The lowest BCUT2D eigenvalue weighted by atomic mass is 10.1. The molecule has 10 heteroatoms. The van der Waals surface area contributed by atoms with Gasteiger partial charge in [0.15, 0.2) is 11.5 Å². The highest BCUT2D eigenvalue weighted by atomic mass is 35.5. The van der Waals surface area contributed by atoms with Gasteiger partial charge in [-0.2, -0.15) is 4.98 Å². The monoisotopic (exact) mass is 400 g/mol. The first-order chi connectivity index (χ1) is 11.5. The van der Waals surface area contributed by atoms with Gasteiger partial charge in [-0.3, -0.25) is 9.78 Å². The SMILES string of the molecule is Cc1cc2nc3c(=O)[nH]c(=O)nc-3n(C(CN)CCN)c2cc1C.Cl.Cl. The normalized spacial score (nSPS) is 11.8. The standard InChI is InChI=1S/C16H20N6O2.2ClH/c1-8-5-11-12(6-9(8)2)22(10(7-18)3-4-17)14-13(19-11)15(23)21-16(24)20-14;;/h5-6,10H,3-4,7,17-18H2,1-2H3,(H,21,23,24);2*1H. The lowest BCUT2D eigenvalue weighted by Gasteiger charge is -2.24. The molecule has 1 atom stereocenters. The zero-order valence-corrected chi connectivity index (χ0v) is 16.1. The van der Waals surface area contributed by atoms with Crippen LogP contribution in [-0.2, 0) is 0 Å². The first-order valence-corrected chi connectivity index (χ1v) is 7.80. The van der Waals surface area contributed by atoms with Gasteiger partial charge in [-0.05, 0) is 50.1 Å². The summed E-state index contributed by atoms with van der Waals surface area (Å²) in [6.07, 6.45) is 0.602. The van der Waals surface area contributed by atoms with Crippen molar-refractivity contribution in [3.8, 4) is 11.5 Å². The number of hydrogen-bond donors (Lipinski definition) is 3. The van der Waals surface area contributed by atoms with Crippen LogP contribution in [0.4, 0.5) is 0 Å². The van der Waals surface area contributed by atoms with Gasteiger partial charge in [0.1, 0.15) is 0 Å². The minimum absolute atomic E-state index is 0. The molecule has 0 radical (unpaired) electrons. The predicted molar refractivity (Wildman–Crippen MR) is 107 cm³/mol. The molecule has 0 saturated heterocycles. The third kappa shape index (κ3) is 3.73. The molecule has 2 aliphatic heterocycles. The smallest absolute Gasteiger partial charge is 0.330 e. The zero-order valence-electron chi connectivity index (χ0n) is 14.5. The van der Waals surface area contributed by atoms with Gasteiger partial charge in [0.2, 0.25) is 0 Å². The second-order valence-electron chi connectivity index (χ2n) is 5.92. The van der Waals surface area contributed by atoms with E-state index in [1.54, 1.807) is 0 Å². The van der Waals surface area contributed by atoms with E-state index in [4.69, 9.17) is 11.5 Å². The molecule has 0 fully saturated rings. The number of rotatable bonds is 4. The van der Waals surface area contributed by atoms with Gasteiger partial charge in [0.05, 0.1) is 11.0 Å². The van der Waals surface area contributed by atoms with Crippen LogP contribution in [-0.4, -0.2) is 32.6 Å². The van der Waals surface area contributed by atoms with Crippen LogP contribution >= 0.6 is 24.8 Å². The van der Waals surface area contributed by atoms with Crippen molar-refractivity contribution in [3.05, 3.63) is 44.1 Å². The minimum atomic E-state index is -0.699. The van der Waals surface area contributed by atoms with E-state index in [0.717, 1.165) is 16.6 Å². The Morgan fingerprint density at radius 2 is 1.77 bits per heavy atom. The lowest BCUT2D eigenvalue weighted by molar-refractivity contribution is 0.490. The van der Waals surface area contributed by atoms with Crippen molar-refractivity contribution < 1.29 is 0 Å². The average molecular weight is 401 g/mol. The molecule has 1 aromatic rings. The van der Waals surface area contributed by atoms with Gasteiger partial charge < -0.3 is 16.0 Å². The highest BCUT2D eigenvalue weighted by molar-refractivity contribution is 5.85. The summed E-state index contributed by atoms with van der Waals surface area (Å²) in [5, 5.41) is 0. The molecule has 3 rings (SSSR count).